The number of furan rings is 1. The van der Waals surface area contributed by atoms with Crippen LogP contribution in [0, 0.1) is 6.92 Å². The lowest BCUT2D eigenvalue weighted by molar-refractivity contribution is 0.261. The van der Waals surface area contributed by atoms with Crippen LogP contribution in [0.2, 0.25) is 0 Å². The van der Waals surface area contributed by atoms with E-state index in [2.05, 4.69) is 31.1 Å². The van der Waals surface area contributed by atoms with Gasteiger partial charge in [0.05, 0.1) is 5.69 Å². The topological polar surface area (TPSA) is 74.2 Å². The molecule has 0 spiro atoms. The lowest BCUT2D eigenvalue weighted by Crippen LogP contribution is -1.98. The average molecular weight is 336 g/mol. The minimum Gasteiger partial charge on any atom is -0.482 e. The van der Waals surface area contributed by atoms with Crippen LogP contribution in [0.15, 0.2) is 44.0 Å². The van der Waals surface area contributed by atoms with E-state index in [-0.39, 0.29) is 6.61 Å². The molecule has 0 aliphatic carbocycles. The molecule has 0 aromatic carbocycles. The summed E-state index contributed by atoms with van der Waals surface area (Å²) in [5.41, 5.74) is 0.808. The smallest absolute Gasteiger partial charge is 0.283 e. The molecule has 0 fully saturated rings. The third-order valence-electron chi connectivity index (χ3n) is 2.56. The molecule has 3 heterocycles. The predicted octanol–water partition coefficient (Wildman–Crippen LogP) is 3.37. The average Bonchev–Trinajstić information content (AvgIpc) is 3.06. The third kappa shape index (κ3) is 2.72. The molecule has 0 saturated heterocycles. The van der Waals surface area contributed by atoms with E-state index < -0.39 is 0 Å². The van der Waals surface area contributed by atoms with Gasteiger partial charge in [0.1, 0.15) is 5.75 Å². The molecule has 3 aromatic rings. The van der Waals surface area contributed by atoms with Crippen LogP contribution in [0.1, 0.15) is 11.6 Å². The van der Waals surface area contributed by atoms with Crippen LogP contribution in [0.4, 0.5) is 0 Å². The van der Waals surface area contributed by atoms with Crippen LogP contribution in [0.3, 0.4) is 0 Å². The summed E-state index contributed by atoms with van der Waals surface area (Å²) in [6.07, 6.45) is 1.71. The number of pyridine rings is 1. The van der Waals surface area contributed by atoms with Crippen molar-refractivity contribution < 1.29 is 13.6 Å². The number of halogens is 1. The Bertz CT molecular complexity index is 723. The maximum atomic E-state index is 5.58. The summed E-state index contributed by atoms with van der Waals surface area (Å²) in [6.45, 7) is 2.05. The van der Waals surface area contributed by atoms with E-state index in [9.17, 15) is 0 Å². The second-order valence-corrected chi connectivity index (χ2v) is 4.76. The number of ether oxygens (including phenoxy) is 1. The fourth-order valence-corrected chi connectivity index (χ4v) is 1.91. The zero-order chi connectivity index (χ0) is 13.9. The molecule has 6 nitrogen and oxygen atoms in total. The largest absolute Gasteiger partial charge is 0.482 e. The molecule has 0 bridgehead atoms. The van der Waals surface area contributed by atoms with Crippen molar-refractivity contribution in [3.05, 3.63) is 46.7 Å². The molecule has 0 radical (unpaired) electrons. The molecule has 102 valence electrons. The van der Waals surface area contributed by atoms with Gasteiger partial charge in [-0.3, -0.25) is 4.98 Å². The van der Waals surface area contributed by atoms with Crippen LogP contribution in [0.25, 0.3) is 11.7 Å². The standard InChI is InChI=1S/C13H10BrN3O3/c1-8-9(3-2-6-15-8)18-7-12-16-17-13(20-12)10-4-5-11(14)19-10/h2-6H,7H2,1H3. The summed E-state index contributed by atoms with van der Waals surface area (Å²) in [5.74, 6) is 1.88. The maximum Gasteiger partial charge on any atom is 0.283 e. The van der Waals surface area contributed by atoms with Crippen molar-refractivity contribution in [3.63, 3.8) is 0 Å². The Morgan fingerprint density at radius 1 is 1.20 bits per heavy atom. The number of rotatable bonds is 4. The zero-order valence-electron chi connectivity index (χ0n) is 10.5. The van der Waals surface area contributed by atoms with Gasteiger partial charge in [-0.25, -0.2) is 0 Å². The zero-order valence-corrected chi connectivity index (χ0v) is 12.1. The lowest BCUT2D eigenvalue weighted by atomic mass is 10.3. The first-order valence-electron chi connectivity index (χ1n) is 5.85. The van der Waals surface area contributed by atoms with Gasteiger partial charge < -0.3 is 13.6 Å². The van der Waals surface area contributed by atoms with Crippen LogP contribution >= 0.6 is 15.9 Å². The van der Waals surface area contributed by atoms with Gasteiger partial charge in [0.15, 0.2) is 17.0 Å². The van der Waals surface area contributed by atoms with Gasteiger partial charge in [-0.1, -0.05) is 0 Å². The molecular weight excluding hydrogens is 326 g/mol. The van der Waals surface area contributed by atoms with Crippen molar-refractivity contribution in [2.75, 3.05) is 0 Å². The molecule has 7 heteroatoms. The van der Waals surface area contributed by atoms with Gasteiger partial charge in [-0.05, 0) is 47.1 Å². The summed E-state index contributed by atoms with van der Waals surface area (Å²) in [6, 6.07) is 7.15. The van der Waals surface area contributed by atoms with Gasteiger partial charge in [-0.2, -0.15) is 0 Å². The van der Waals surface area contributed by atoms with Gasteiger partial charge in [0.25, 0.3) is 11.8 Å². The highest BCUT2D eigenvalue weighted by molar-refractivity contribution is 9.10. The minimum absolute atomic E-state index is 0.182. The quantitative estimate of drug-likeness (QED) is 0.727. The summed E-state index contributed by atoms with van der Waals surface area (Å²) in [4.78, 5) is 4.14. The van der Waals surface area contributed by atoms with E-state index in [0.717, 1.165) is 5.69 Å². The number of hydrogen-bond donors (Lipinski definition) is 0. The predicted molar refractivity (Wildman–Crippen MR) is 73.0 cm³/mol. The Morgan fingerprint density at radius 2 is 2.10 bits per heavy atom. The van der Waals surface area contributed by atoms with Crippen molar-refractivity contribution in [3.8, 4) is 17.4 Å². The molecule has 0 saturated carbocycles. The highest BCUT2D eigenvalue weighted by Gasteiger charge is 2.12. The molecule has 3 rings (SSSR count). The highest BCUT2D eigenvalue weighted by atomic mass is 79.9. The second kappa shape index (κ2) is 5.46. The fourth-order valence-electron chi connectivity index (χ4n) is 1.60. The van der Waals surface area contributed by atoms with Gasteiger partial charge >= 0.3 is 0 Å². The number of aryl methyl sites for hydroxylation is 1. The molecular formula is C13H10BrN3O3. The molecule has 20 heavy (non-hydrogen) atoms. The van der Waals surface area contributed by atoms with E-state index in [0.29, 0.717) is 28.0 Å². The van der Waals surface area contributed by atoms with E-state index in [1.165, 1.54) is 0 Å². The lowest BCUT2D eigenvalue weighted by Gasteiger charge is -2.04. The Labute approximate surface area is 122 Å². The van der Waals surface area contributed by atoms with Crippen LogP contribution < -0.4 is 4.74 Å². The van der Waals surface area contributed by atoms with E-state index in [4.69, 9.17) is 13.6 Å². The number of nitrogens with zero attached hydrogens (tertiary/aromatic N) is 3. The van der Waals surface area contributed by atoms with Crippen molar-refractivity contribution in [1.29, 1.82) is 0 Å². The maximum absolute atomic E-state index is 5.58. The van der Waals surface area contributed by atoms with Crippen molar-refractivity contribution in [2.45, 2.75) is 13.5 Å². The molecule has 0 amide bonds. The van der Waals surface area contributed by atoms with Gasteiger partial charge in [0.2, 0.25) is 0 Å². The molecule has 0 aliphatic rings. The van der Waals surface area contributed by atoms with Crippen LogP contribution in [-0.4, -0.2) is 15.2 Å². The first-order chi connectivity index (χ1) is 9.72. The van der Waals surface area contributed by atoms with Crippen molar-refractivity contribution in [1.82, 2.24) is 15.2 Å². The Kier molecular flexibility index (Phi) is 3.51. The summed E-state index contributed by atoms with van der Waals surface area (Å²) in [7, 11) is 0. The Morgan fingerprint density at radius 3 is 2.85 bits per heavy atom. The number of hydrogen-bond acceptors (Lipinski definition) is 6. The third-order valence-corrected chi connectivity index (χ3v) is 2.99. The SMILES string of the molecule is Cc1ncccc1OCc1nnc(-c2ccc(Br)o2)o1. The summed E-state index contributed by atoms with van der Waals surface area (Å²) >= 11 is 3.22. The highest BCUT2D eigenvalue weighted by Crippen LogP contribution is 2.24. The molecule has 0 aliphatic heterocycles. The monoisotopic (exact) mass is 335 g/mol. The van der Waals surface area contributed by atoms with Crippen molar-refractivity contribution in [2.24, 2.45) is 0 Å². The van der Waals surface area contributed by atoms with Gasteiger partial charge in [-0.15, -0.1) is 10.2 Å². The molecule has 3 aromatic heterocycles. The second-order valence-electron chi connectivity index (χ2n) is 3.98. The molecule has 0 unspecified atom stereocenters. The van der Waals surface area contributed by atoms with Crippen molar-refractivity contribution >= 4 is 15.9 Å². The number of aromatic nitrogens is 3. The molecule has 0 N–H and O–H groups in total. The van der Waals surface area contributed by atoms with E-state index >= 15 is 0 Å². The first-order valence-corrected chi connectivity index (χ1v) is 6.64. The fraction of sp³-hybridized carbons (Fsp3) is 0.154. The summed E-state index contributed by atoms with van der Waals surface area (Å²) in [5, 5.41) is 7.82. The minimum atomic E-state index is 0.182. The normalized spacial score (nSPS) is 10.7. The summed E-state index contributed by atoms with van der Waals surface area (Å²) < 4.78 is 17.0. The molecule has 0 atom stereocenters. The van der Waals surface area contributed by atoms with Crippen LogP contribution in [-0.2, 0) is 6.61 Å². The van der Waals surface area contributed by atoms with E-state index in [1.807, 2.05) is 19.1 Å². The Hall–Kier alpha value is -2.15. The van der Waals surface area contributed by atoms with Gasteiger partial charge in [0, 0.05) is 6.20 Å². The van der Waals surface area contributed by atoms with E-state index in [1.54, 1.807) is 18.3 Å². The Balaban J connectivity index is 1.70. The van der Waals surface area contributed by atoms with Crippen LogP contribution in [0.5, 0.6) is 5.75 Å². The first kappa shape index (κ1) is 12.9.